The molecule has 102 valence electrons. The number of rotatable bonds is 6. The zero-order valence-electron chi connectivity index (χ0n) is 10.3. The number of alkyl halides is 4. The average molecular weight is 280 g/mol. The lowest BCUT2D eigenvalue weighted by Gasteiger charge is -2.20. The number of hydrogen-bond donors (Lipinski definition) is 0. The quantitative estimate of drug-likeness (QED) is 0.707. The van der Waals surface area contributed by atoms with Crippen LogP contribution in [-0.2, 0) is 12.7 Å². The number of benzene rings is 1. The normalized spacial score (nSPS) is 12.1. The molecule has 0 heterocycles. The molecule has 0 N–H and O–H groups in total. The van der Waals surface area contributed by atoms with Crippen LogP contribution >= 0.6 is 11.6 Å². The average Bonchev–Trinajstić information content (AvgIpc) is 2.33. The molecular formula is C13H17ClF3N. The van der Waals surface area contributed by atoms with Gasteiger partial charge in [-0.25, -0.2) is 0 Å². The Morgan fingerprint density at radius 2 is 2.00 bits per heavy atom. The summed E-state index contributed by atoms with van der Waals surface area (Å²) >= 11 is 5.62. The molecule has 0 saturated carbocycles. The van der Waals surface area contributed by atoms with E-state index < -0.39 is 11.7 Å². The van der Waals surface area contributed by atoms with Gasteiger partial charge in [0, 0.05) is 12.4 Å². The van der Waals surface area contributed by atoms with E-state index >= 15 is 0 Å². The molecule has 1 aromatic carbocycles. The molecule has 0 spiro atoms. The second kappa shape index (κ2) is 7.00. The summed E-state index contributed by atoms with van der Waals surface area (Å²) in [5.74, 6) is 0.569. The minimum atomic E-state index is -4.27. The molecule has 5 heteroatoms. The van der Waals surface area contributed by atoms with Gasteiger partial charge in [-0.1, -0.05) is 25.1 Å². The SMILES string of the molecule is CCN(CCCCl)Cc1cccc(C(F)(F)F)c1. The monoisotopic (exact) mass is 279 g/mol. The Morgan fingerprint density at radius 3 is 2.56 bits per heavy atom. The molecule has 0 fully saturated rings. The number of nitrogens with zero attached hydrogens (tertiary/aromatic N) is 1. The molecule has 0 radical (unpaired) electrons. The highest BCUT2D eigenvalue weighted by atomic mass is 35.5. The zero-order valence-corrected chi connectivity index (χ0v) is 11.1. The fraction of sp³-hybridized carbons (Fsp3) is 0.538. The van der Waals surface area contributed by atoms with Crippen LogP contribution in [0.15, 0.2) is 24.3 Å². The van der Waals surface area contributed by atoms with Crippen LogP contribution in [0.1, 0.15) is 24.5 Å². The van der Waals surface area contributed by atoms with Crippen LogP contribution in [0.4, 0.5) is 13.2 Å². The Balaban J connectivity index is 2.71. The molecule has 0 saturated heterocycles. The van der Waals surface area contributed by atoms with Crippen molar-refractivity contribution in [1.82, 2.24) is 4.90 Å². The summed E-state index contributed by atoms with van der Waals surface area (Å²) in [5.41, 5.74) is 0.0923. The van der Waals surface area contributed by atoms with Gasteiger partial charge in [0.2, 0.25) is 0 Å². The molecule has 1 rings (SSSR count). The van der Waals surface area contributed by atoms with Crippen LogP contribution in [0, 0.1) is 0 Å². The van der Waals surface area contributed by atoms with Crippen molar-refractivity contribution in [3.05, 3.63) is 35.4 Å². The van der Waals surface area contributed by atoms with Crippen molar-refractivity contribution in [2.75, 3.05) is 19.0 Å². The third-order valence-corrected chi connectivity index (χ3v) is 2.98. The van der Waals surface area contributed by atoms with E-state index in [2.05, 4.69) is 4.90 Å². The molecule has 0 amide bonds. The Hall–Kier alpha value is -0.740. The van der Waals surface area contributed by atoms with E-state index in [4.69, 9.17) is 11.6 Å². The number of hydrogen-bond acceptors (Lipinski definition) is 1. The molecule has 0 atom stereocenters. The van der Waals surface area contributed by atoms with E-state index in [-0.39, 0.29) is 0 Å². The lowest BCUT2D eigenvalue weighted by Crippen LogP contribution is -2.24. The van der Waals surface area contributed by atoms with Gasteiger partial charge in [0.15, 0.2) is 0 Å². The Labute approximate surface area is 111 Å². The standard InChI is InChI=1S/C13H17ClF3N/c1-2-18(8-4-7-14)10-11-5-3-6-12(9-11)13(15,16)17/h3,5-6,9H,2,4,7-8,10H2,1H3. The van der Waals surface area contributed by atoms with Gasteiger partial charge >= 0.3 is 6.18 Å². The van der Waals surface area contributed by atoms with Crippen LogP contribution in [0.3, 0.4) is 0 Å². The predicted octanol–water partition coefficient (Wildman–Crippen LogP) is 4.16. The van der Waals surface area contributed by atoms with E-state index in [9.17, 15) is 13.2 Å². The summed E-state index contributed by atoms with van der Waals surface area (Å²) in [4.78, 5) is 2.08. The highest BCUT2D eigenvalue weighted by Crippen LogP contribution is 2.29. The molecule has 1 nitrogen and oxygen atoms in total. The molecule has 0 unspecified atom stereocenters. The summed E-state index contributed by atoms with van der Waals surface area (Å²) in [6, 6.07) is 5.48. The Kier molecular flexibility index (Phi) is 5.96. The first kappa shape index (κ1) is 15.3. The maximum Gasteiger partial charge on any atom is 0.416 e. The Morgan fingerprint density at radius 1 is 1.28 bits per heavy atom. The fourth-order valence-electron chi connectivity index (χ4n) is 1.74. The molecule has 0 aliphatic rings. The van der Waals surface area contributed by atoms with Crippen LogP contribution in [-0.4, -0.2) is 23.9 Å². The molecule has 0 aliphatic carbocycles. The molecule has 0 aliphatic heterocycles. The van der Waals surface area contributed by atoms with E-state index in [1.807, 2.05) is 6.92 Å². The second-order valence-electron chi connectivity index (χ2n) is 4.11. The van der Waals surface area contributed by atoms with Crippen LogP contribution in [0.25, 0.3) is 0 Å². The molecule has 1 aromatic rings. The first-order chi connectivity index (χ1) is 8.47. The van der Waals surface area contributed by atoms with E-state index in [1.165, 1.54) is 12.1 Å². The van der Waals surface area contributed by atoms with Crippen molar-refractivity contribution < 1.29 is 13.2 Å². The van der Waals surface area contributed by atoms with Gasteiger partial charge < -0.3 is 0 Å². The van der Waals surface area contributed by atoms with Crippen molar-refractivity contribution >= 4 is 11.6 Å². The molecule has 0 aromatic heterocycles. The highest BCUT2D eigenvalue weighted by molar-refractivity contribution is 6.17. The molecule has 0 bridgehead atoms. The highest BCUT2D eigenvalue weighted by Gasteiger charge is 2.30. The van der Waals surface area contributed by atoms with Crippen LogP contribution in [0.5, 0.6) is 0 Å². The number of halogens is 4. The molecule has 18 heavy (non-hydrogen) atoms. The summed E-state index contributed by atoms with van der Waals surface area (Å²) in [6.45, 7) is 4.11. The topological polar surface area (TPSA) is 3.24 Å². The smallest absolute Gasteiger partial charge is 0.299 e. The third-order valence-electron chi connectivity index (χ3n) is 2.72. The maximum atomic E-state index is 12.6. The second-order valence-corrected chi connectivity index (χ2v) is 4.49. The van der Waals surface area contributed by atoms with Crippen molar-refractivity contribution in [3.63, 3.8) is 0 Å². The summed E-state index contributed by atoms with van der Waals surface area (Å²) < 4.78 is 37.7. The van der Waals surface area contributed by atoms with Gasteiger partial charge in [-0.3, -0.25) is 4.90 Å². The largest absolute Gasteiger partial charge is 0.416 e. The zero-order chi connectivity index (χ0) is 13.6. The van der Waals surface area contributed by atoms with Gasteiger partial charge in [0.1, 0.15) is 0 Å². The van der Waals surface area contributed by atoms with Crippen LogP contribution in [0.2, 0.25) is 0 Å². The first-order valence-corrected chi connectivity index (χ1v) is 6.45. The minimum absolute atomic E-state index is 0.525. The van der Waals surface area contributed by atoms with Crippen molar-refractivity contribution in [3.8, 4) is 0 Å². The predicted molar refractivity (Wildman–Crippen MR) is 67.7 cm³/mol. The third kappa shape index (κ3) is 4.86. The van der Waals surface area contributed by atoms with Gasteiger partial charge in [-0.05, 0) is 31.1 Å². The van der Waals surface area contributed by atoms with Crippen molar-refractivity contribution in [2.24, 2.45) is 0 Å². The summed E-state index contributed by atoms with van der Waals surface area (Å²) in [7, 11) is 0. The lowest BCUT2D eigenvalue weighted by atomic mass is 10.1. The van der Waals surface area contributed by atoms with E-state index in [0.29, 0.717) is 18.0 Å². The lowest BCUT2D eigenvalue weighted by molar-refractivity contribution is -0.137. The summed E-state index contributed by atoms with van der Waals surface area (Å²) in [5, 5.41) is 0. The van der Waals surface area contributed by atoms with E-state index in [1.54, 1.807) is 6.07 Å². The summed E-state index contributed by atoms with van der Waals surface area (Å²) in [6.07, 6.45) is -3.43. The molecular weight excluding hydrogens is 263 g/mol. The van der Waals surface area contributed by atoms with E-state index in [0.717, 1.165) is 25.6 Å². The maximum absolute atomic E-state index is 12.6. The fourth-order valence-corrected chi connectivity index (χ4v) is 1.86. The van der Waals surface area contributed by atoms with Gasteiger partial charge in [0.25, 0.3) is 0 Å². The van der Waals surface area contributed by atoms with Crippen molar-refractivity contribution in [2.45, 2.75) is 26.1 Å². The first-order valence-electron chi connectivity index (χ1n) is 5.91. The Bertz CT molecular complexity index is 365. The van der Waals surface area contributed by atoms with Crippen molar-refractivity contribution in [1.29, 1.82) is 0 Å². The van der Waals surface area contributed by atoms with Crippen LogP contribution < -0.4 is 0 Å². The van der Waals surface area contributed by atoms with Gasteiger partial charge in [0.05, 0.1) is 5.56 Å². The minimum Gasteiger partial charge on any atom is -0.299 e. The van der Waals surface area contributed by atoms with Gasteiger partial charge in [-0.15, -0.1) is 11.6 Å². The van der Waals surface area contributed by atoms with Gasteiger partial charge in [-0.2, -0.15) is 13.2 Å².